The smallest absolute Gasteiger partial charge is 0.277 e. The molecule has 0 spiro atoms. The van der Waals surface area contributed by atoms with Gasteiger partial charge in [-0.3, -0.25) is 35.1 Å². The second-order valence-electron chi connectivity index (χ2n) is 4.63. The van der Waals surface area contributed by atoms with Gasteiger partial charge in [0.2, 0.25) is 0 Å². The molecule has 2 aromatic carbocycles. The average Bonchev–Trinajstić information content (AvgIpc) is 2.55. The summed E-state index contributed by atoms with van der Waals surface area (Å²) in [5, 5.41) is 34.7. The molecule has 0 bridgehead atoms. The van der Waals surface area contributed by atoms with Crippen LogP contribution in [0.1, 0.15) is 10.4 Å². The molecule has 0 aliphatic rings. The van der Waals surface area contributed by atoms with Crippen molar-refractivity contribution in [2.75, 3.05) is 5.32 Å². The number of non-ortho nitro benzene ring substituents is 3. The van der Waals surface area contributed by atoms with Gasteiger partial charge in [0.05, 0.1) is 32.1 Å². The predicted molar refractivity (Wildman–Crippen MR) is 88.5 cm³/mol. The molecule has 0 saturated heterocycles. The molecule has 0 aliphatic carbocycles. The van der Waals surface area contributed by atoms with Crippen LogP contribution >= 0.6 is 15.9 Å². The molecule has 0 radical (unpaired) electrons. The molecule has 11 nitrogen and oxygen atoms in total. The van der Waals surface area contributed by atoms with Gasteiger partial charge < -0.3 is 5.32 Å². The summed E-state index contributed by atoms with van der Waals surface area (Å²) in [5.74, 6) is -0.846. The lowest BCUT2D eigenvalue weighted by molar-refractivity contribution is -0.394. The Kier molecular flexibility index (Phi) is 5.02. The van der Waals surface area contributed by atoms with Crippen molar-refractivity contribution < 1.29 is 19.6 Å². The minimum atomic E-state index is -0.856. The van der Waals surface area contributed by atoms with Crippen molar-refractivity contribution in [3.05, 3.63) is 76.8 Å². The van der Waals surface area contributed by atoms with Crippen LogP contribution in [0.4, 0.5) is 22.7 Å². The van der Waals surface area contributed by atoms with Crippen LogP contribution in [-0.4, -0.2) is 20.7 Å². The predicted octanol–water partition coefficient (Wildman–Crippen LogP) is 3.43. The van der Waals surface area contributed by atoms with E-state index in [1.807, 2.05) is 0 Å². The molecule has 128 valence electrons. The molecule has 0 saturated carbocycles. The monoisotopic (exact) mass is 410 g/mol. The van der Waals surface area contributed by atoms with Crippen LogP contribution in [0.5, 0.6) is 0 Å². The first-order valence-electron chi connectivity index (χ1n) is 6.38. The minimum Gasteiger partial charge on any atom is -0.321 e. The summed E-state index contributed by atoms with van der Waals surface area (Å²) < 4.78 is 0.204. The number of nitrogens with one attached hydrogen (secondary N) is 1. The lowest BCUT2D eigenvalue weighted by Gasteiger charge is -2.07. The molecule has 1 amide bonds. The number of hydrogen-bond donors (Lipinski definition) is 1. The number of hydrogen-bond acceptors (Lipinski definition) is 7. The SMILES string of the molecule is O=C(Nc1ccc([N+](=O)[O-])cc1Br)c1cc([N+](=O)[O-])cc([N+](=O)[O-])c1. The number of benzene rings is 2. The summed E-state index contributed by atoms with van der Waals surface area (Å²) >= 11 is 3.06. The average molecular weight is 411 g/mol. The number of nitro groups is 3. The van der Waals surface area contributed by atoms with Gasteiger partial charge in [-0.2, -0.15) is 0 Å². The molecule has 25 heavy (non-hydrogen) atoms. The number of carbonyl (C=O) groups is 1. The maximum absolute atomic E-state index is 12.2. The van der Waals surface area contributed by atoms with E-state index in [0.29, 0.717) is 0 Å². The van der Waals surface area contributed by atoms with Crippen molar-refractivity contribution in [1.29, 1.82) is 0 Å². The van der Waals surface area contributed by atoms with Gasteiger partial charge in [0.15, 0.2) is 0 Å². The van der Waals surface area contributed by atoms with Crippen molar-refractivity contribution in [3.8, 4) is 0 Å². The molecule has 0 unspecified atom stereocenters. The third kappa shape index (κ3) is 4.11. The zero-order chi connectivity index (χ0) is 18.7. The van der Waals surface area contributed by atoms with E-state index in [1.54, 1.807) is 0 Å². The molecular formula is C13H7BrN4O7. The first-order chi connectivity index (χ1) is 11.7. The number of carbonyl (C=O) groups excluding carboxylic acids is 1. The van der Waals surface area contributed by atoms with Crippen molar-refractivity contribution in [1.82, 2.24) is 0 Å². The van der Waals surface area contributed by atoms with E-state index < -0.39 is 32.1 Å². The molecule has 0 heterocycles. The standard InChI is InChI=1S/C13H7BrN4O7/c14-11-6-8(16(20)21)1-2-12(11)15-13(19)7-3-9(17(22)23)5-10(4-7)18(24)25/h1-6H,(H,15,19). The maximum atomic E-state index is 12.2. The van der Waals surface area contributed by atoms with Crippen molar-refractivity contribution in [2.24, 2.45) is 0 Å². The molecule has 2 aromatic rings. The topological polar surface area (TPSA) is 159 Å². The Morgan fingerprint density at radius 3 is 1.80 bits per heavy atom. The summed E-state index contributed by atoms with van der Waals surface area (Å²) in [5.41, 5.74) is -1.57. The first-order valence-corrected chi connectivity index (χ1v) is 7.17. The van der Waals surface area contributed by atoms with E-state index in [0.717, 1.165) is 30.3 Å². The molecular weight excluding hydrogens is 404 g/mol. The molecule has 12 heteroatoms. The van der Waals surface area contributed by atoms with Gasteiger partial charge in [0, 0.05) is 28.7 Å². The van der Waals surface area contributed by atoms with E-state index in [1.165, 1.54) is 6.07 Å². The van der Waals surface area contributed by atoms with Crippen molar-refractivity contribution in [3.63, 3.8) is 0 Å². The van der Waals surface area contributed by atoms with Crippen LogP contribution in [-0.2, 0) is 0 Å². The molecule has 2 rings (SSSR count). The van der Waals surface area contributed by atoms with Crippen LogP contribution in [0.15, 0.2) is 40.9 Å². The van der Waals surface area contributed by atoms with E-state index in [9.17, 15) is 35.1 Å². The Balaban J connectivity index is 2.36. The molecule has 0 fully saturated rings. The maximum Gasteiger partial charge on any atom is 0.277 e. The van der Waals surface area contributed by atoms with E-state index >= 15 is 0 Å². The van der Waals surface area contributed by atoms with E-state index in [2.05, 4.69) is 21.2 Å². The number of anilines is 1. The fourth-order valence-corrected chi connectivity index (χ4v) is 2.32. The molecule has 0 aromatic heterocycles. The lowest BCUT2D eigenvalue weighted by atomic mass is 10.1. The van der Waals surface area contributed by atoms with Crippen LogP contribution in [0.25, 0.3) is 0 Å². The highest BCUT2D eigenvalue weighted by Crippen LogP contribution is 2.28. The second-order valence-corrected chi connectivity index (χ2v) is 5.48. The summed E-state index contributed by atoms with van der Waals surface area (Å²) in [6, 6.07) is 6.08. The first kappa shape index (κ1) is 17.9. The van der Waals surface area contributed by atoms with Crippen LogP contribution in [0, 0.1) is 30.3 Å². The highest BCUT2D eigenvalue weighted by atomic mass is 79.9. The van der Waals surface area contributed by atoms with E-state index in [-0.39, 0.29) is 21.4 Å². The van der Waals surface area contributed by atoms with Gasteiger partial charge in [-0.25, -0.2) is 0 Å². The molecule has 0 atom stereocenters. The molecule has 1 N–H and O–H groups in total. The zero-order valence-electron chi connectivity index (χ0n) is 12.0. The van der Waals surface area contributed by atoms with Gasteiger partial charge in [0.1, 0.15) is 0 Å². The van der Waals surface area contributed by atoms with Gasteiger partial charge in [-0.15, -0.1) is 0 Å². The Hall–Kier alpha value is -3.41. The van der Waals surface area contributed by atoms with Gasteiger partial charge in [0.25, 0.3) is 23.0 Å². The zero-order valence-corrected chi connectivity index (χ0v) is 13.6. The quantitative estimate of drug-likeness (QED) is 0.583. The number of amides is 1. The lowest BCUT2D eigenvalue weighted by Crippen LogP contribution is -2.13. The Morgan fingerprint density at radius 2 is 1.36 bits per heavy atom. The van der Waals surface area contributed by atoms with Crippen LogP contribution < -0.4 is 5.32 Å². The highest BCUT2D eigenvalue weighted by molar-refractivity contribution is 9.10. The summed E-state index contributed by atoms with van der Waals surface area (Å²) in [7, 11) is 0. The Morgan fingerprint density at radius 1 is 0.840 bits per heavy atom. The second kappa shape index (κ2) is 7.00. The minimum absolute atomic E-state index is 0.157. The Labute approximate surface area is 146 Å². The van der Waals surface area contributed by atoms with Gasteiger partial charge in [-0.05, 0) is 22.0 Å². The van der Waals surface area contributed by atoms with Gasteiger partial charge in [-0.1, -0.05) is 0 Å². The normalized spacial score (nSPS) is 10.1. The highest BCUT2D eigenvalue weighted by Gasteiger charge is 2.20. The Bertz CT molecular complexity index is 883. The van der Waals surface area contributed by atoms with Crippen molar-refractivity contribution >= 4 is 44.6 Å². The number of nitrogens with zero attached hydrogens (tertiary/aromatic N) is 3. The fraction of sp³-hybridized carbons (Fsp3) is 0. The summed E-state index contributed by atoms with van der Waals surface area (Å²) in [4.78, 5) is 42.3. The van der Waals surface area contributed by atoms with E-state index in [4.69, 9.17) is 0 Å². The van der Waals surface area contributed by atoms with Crippen LogP contribution in [0.2, 0.25) is 0 Å². The number of halogens is 1. The summed E-state index contributed by atoms with van der Waals surface area (Å²) in [6.07, 6.45) is 0. The third-order valence-corrected chi connectivity index (χ3v) is 3.65. The largest absolute Gasteiger partial charge is 0.321 e. The third-order valence-electron chi connectivity index (χ3n) is 3.00. The van der Waals surface area contributed by atoms with Crippen molar-refractivity contribution in [2.45, 2.75) is 0 Å². The number of rotatable bonds is 5. The number of nitro benzene ring substituents is 3. The summed E-state index contributed by atoms with van der Waals surface area (Å²) in [6.45, 7) is 0. The van der Waals surface area contributed by atoms with Crippen LogP contribution in [0.3, 0.4) is 0 Å². The van der Waals surface area contributed by atoms with Gasteiger partial charge >= 0.3 is 0 Å². The fourth-order valence-electron chi connectivity index (χ4n) is 1.85. The molecule has 0 aliphatic heterocycles.